The van der Waals surface area contributed by atoms with Crippen LogP contribution in [-0.4, -0.2) is 42.8 Å². The third-order valence-electron chi connectivity index (χ3n) is 6.60. The Labute approximate surface area is 221 Å². The first-order valence-corrected chi connectivity index (χ1v) is 12.1. The average molecular weight is 535 g/mol. The predicted octanol–water partition coefficient (Wildman–Crippen LogP) is 3.77. The molecule has 5 rings (SSSR count). The summed E-state index contributed by atoms with van der Waals surface area (Å²) in [6.45, 7) is 0.454. The number of ether oxygens (including phenoxy) is 3. The lowest BCUT2D eigenvalue weighted by Gasteiger charge is -2.25. The number of carbonyl (C=O) groups excluding carboxylic acids is 2. The maximum atomic E-state index is 14.2. The standard InChI is InChI=1S/C29H24F2N2O6/c1-33-23-9-4-3-6-16(23)14-19(28(33)35)18-11-10-17(25-26(18)39-13-12-38-25)15-22(29(36)37-2)32-27(34)24-20(30)7-5-8-21(24)31/h3-11,14,22H,12-13,15H2,1-2H3,(H,32,34)/t22-/m0/s1. The minimum absolute atomic E-state index is 0.129. The number of aromatic nitrogens is 1. The maximum absolute atomic E-state index is 14.2. The van der Waals surface area contributed by atoms with E-state index in [0.29, 0.717) is 28.2 Å². The first-order chi connectivity index (χ1) is 18.8. The third kappa shape index (κ3) is 4.81. The SMILES string of the molecule is COC(=O)[C@H](Cc1ccc(-c2cc3ccccc3n(C)c2=O)c2c1OCCO2)NC(=O)c1c(F)cccc1F. The van der Waals surface area contributed by atoms with Crippen LogP contribution in [0.4, 0.5) is 8.78 Å². The van der Waals surface area contributed by atoms with Gasteiger partial charge in [-0.2, -0.15) is 0 Å². The number of aryl methyl sites for hydroxylation is 1. The number of pyridine rings is 1. The molecule has 200 valence electrons. The molecule has 8 nitrogen and oxygen atoms in total. The van der Waals surface area contributed by atoms with Crippen molar-refractivity contribution >= 4 is 22.8 Å². The molecular formula is C29H24F2N2O6. The van der Waals surface area contributed by atoms with Crippen molar-refractivity contribution in [2.24, 2.45) is 7.05 Å². The number of hydrogen-bond donors (Lipinski definition) is 1. The van der Waals surface area contributed by atoms with Crippen LogP contribution in [0.25, 0.3) is 22.0 Å². The van der Waals surface area contributed by atoms with Crippen molar-refractivity contribution in [3.8, 4) is 22.6 Å². The molecule has 3 aromatic carbocycles. The van der Waals surface area contributed by atoms with E-state index in [9.17, 15) is 23.2 Å². The van der Waals surface area contributed by atoms with Gasteiger partial charge in [-0.15, -0.1) is 0 Å². The first kappa shape index (κ1) is 25.9. The summed E-state index contributed by atoms with van der Waals surface area (Å²) in [4.78, 5) is 38.6. The average Bonchev–Trinajstić information content (AvgIpc) is 2.94. The van der Waals surface area contributed by atoms with Crippen molar-refractivity contribution < 1.29 is 32.6 Å². The second kappa shape index (κ2) is 10.6. The highest BCUT2D eigenvalue weighted by Gasteiger charge is 2.30. The van der Waals surface area contributed by atoms with Gasteiger partial charge in [0.2, 0.25) is 0 Å². The van der Waals surface area contributed by atoms with Crippen molar-refractivity contribution in [1.29, 1.82) is 0 Å². The molecule has 1 atom stereocenters. The minimum Gasteiger partial charge on any atom is -0.486 e. The smallest absolute Gasteiger partial charge is 0.328 e. The highest BCUT2D eigenvalue weighted by atomic mass is 19.1. The van der Waals surface area contributed by atoms with Crippen molar-refractivity contribution in [1.82, 2.24) is 9.88 Å². The number of rotatable bonds is 6. The Bertz CT molecular complexity index is 1650. The van der Waals surface area contributed by atoms with Gasteiger partial charge in [-0.25, -0.2) is 13.6 Å². The monoisotopic (exact) mass is 534 g/mol. The summed E-state index contributed by atoms with van der Waals surface area (Å²) in [5.74, 6) is -3.44. The van der Waals surface area contributed by atoms with Crippen molar-refractivity contribution in [3.63, 3.8) is 0 Å². The van der Waals surface area contributed by atoms with E-state index >= 15 is 0 Å². The summed E-state index contributed by atoms with van der Waals surface area (Å²) in [6, 6.07) is 14.3. The van der Waals surface area contributed by atoms with Crippen LogP contribution in [0.2, 0.25) is 0 Å². The van der Waals surface area contributed by atoms with Gasteiger partial charge in [-0.05, 0) is 35.7 Å². The second-order valence-electron chi connectivity index (χ2n) is 8.96. The van der Waals surface area contributed by atoms with E-state index in [0.717, 1.165) is 36.2 Å². The normalized spacial score (nSPS) is 13.1. The predicted molar refractivity (Wildman–Crippen MR) is 139 cm³/mol. The topological polar surface area (TPSA) is 95.9 Å². The van der Waals surface area contributed by atoms with Gasteiger partial charge in [-0.3, -0.25) is 9.59 Å². The fraction of sp³-hybridized carbons (Fsp3) is 0.207. The molecule has 39 heavy (non-hydrogen) atoms. The van der Waals surface area contributed by atoms with Gasteiger partial charge in [0.1, 0.15) is 36.5 Å². The highest BCUT2D eigenvalue weighted by molar-refractivity contribution is 5.97. The summed E-state index contributed by atoms with van der Waals surface area (Å²) < 4.78 is 46.6. The molecule has 2 heterocycles. The number of carbonyl (C=O) groups is 2. The van der Waals surface area contributed by atoms with Gasteiger partial charge in [0.25, 0.3) is 11.5 Å². The summed E-state index contributed by atoms with van der Waals surface area (Å²) >= 11 is 0. The number of benzene rings is 3. The molecule has 0 fully saturated rings. The van der Waals surface area contributed by atoms with Crippen LogP contribution >= 0.6 is 0 Å². The number of hydrogen-bond acceptors (Lipinski definition) is 6. The summed E-state index contributed by atoms with van der Waals surface area (Å²) in [5, 5.41) is 3.22. The Morgan fingerprint density at radius 2 is 1.67 bits per heavy atom. The van der Waals surface area contributed by atoms with Crippen LogP contribution in [-0.2, 0) is 23.0 Å². The zero-order valence-corrected chi connectivity index (χ0v) is 21.1. The minimum atomic E-state index is -1.30. The number of methoxy groups -OCH3 is 1. The van der Waals surface area contributed by atoms with Crippen LogP contribution in [0.1, 0.15) is 15.9 Å². The molecule has 4 aromatic rings. The number of nitrogens with zero attached hydrogens (tertiary/aromatic N) is 1. The summed E-state index contributed by atoms with van der Waals surface area (Å²) in [5.41, 5.74) is 1.11. The molecule has 1 N–H and O–H groups in total. The Balaban J connectivity index is 1.54. The maximum Gasteiger partial charge on any atom is 0.328 e. The lowest BCUT2D eigenvalue weighted by Crippen LogP contribution is -2.43. The number of amides is 1. The Kier molecular flexibility index (Phi) is 7.02. The van der Waals surface area contributed by atoms with Gasteiger partial charge in [0, 0.05) is 24.6 Å². The van der Waals surface area contributed by atoms with Gasteiger partial charge in [0.15, 0.2) is 11.5 Å². The Morgan fingerprint density at radius 3 is 2.38 bits per heavy atom. The van der Waals surface area contributed by atoms with E-state index in [-0.39, 0.29) is 25.2 Å². The van der Waals surface area contributed by atoms with Crippen LogP contribution in [0.3, 0.4) is 0 Å². The lowest BCUT2D eigenvalue weighted by atomic mass is 9.97. The molecular weight excluding hydrogens is 510 g/mol. The fourth-order valence-electron chi connectivity index (χ4n) is 4.68. The molecule has 10 heteroatoms. The zero-order valence-electron chi connectivity index (χ0n) is 21.1. The second-order valence-corrected chi connectivity index (χ2v) is 8.96. The number of fused-ring (bicyclic) bond motifs is 2. The van der Waals surface area contributed by atoms with Gasteiger partial charge in [-0.1, -0.05) is 30.3 Å². The molecule has 0 bridgehead atoms. The molecule has 0 aliphatic carbocycles. The van der Waals surface area contributed by atoms with E-state index in [1.807, 2.05) is 24.3 Å². The van der Waals surface area contributed by atoms with E-state index in [4.69, 9.17) is 14.2 Å². The molecule has 1 aromatic heterocycles. The molecule has 0 unspecified atom stereocenters. The van der Waals surface area contributed by atoms with Crippen LogP contribution in [0, 0.1) is 11.6 Å². The fourth-order valence-corrected chi connectivity index (χ4v) is 4.68. The van der Waals surface area contributed by atoms with Gasteiger partial charge in [0.05, 0.1) is 18.2 Å². The molecule has 0 spiro atoms. The summed E-state index contributed by atoms with van der Waals surface area (Å²) in [6.07, 6.45) is -0.129. The van der Waals surface area contributed by atoms with Crippen molar-refractivity contribution in [3.05, 3.63) is 93.8 Å². The lowest BCUT2D eigenvalue weighted by molar-refractivity contribution is -0.142. The Morgan fingerprint density at radius 1 is 0.974 bits per heavy atom. The highest BCUT2D eigenvalue weighted by Crippen LogP contribution is 2.42. The van der Waals surface area contributed by atoms with E-state index in [1.54, 1.807) is 29.8 Å². The van der Waals surface area contributed by atoms with E-state index in [2.05, 4.69) is 5.32 Å². The first-order valence-electron chi connectivity index (χ1n) is 12.1. The third-order valence-corrected chi connectivity index (χ3v) is 6.60. The zero-order chi connectivity index (χ0) is 27.7. The van der Waals surface area contributed by atoms with Gasteiger partial charge >= 0.3 is 5.97 Å². The molecule has 1 aliphatic rings. The molecule has 0 saturated heterocycles. The Hall–Kier alpha value is -4.73. The van der Waals surface area contributed by atoms with Gasteiger partial charge < -0.3 is 24.1 Å². The van der Waals surface area contributed by atoms with E-state index in [1.165, 1.54) is 0 Å². The molecule has 1 amide bonds. The quantitative estimate of drug-likeness (QED) is 0.379. The number of para-hydroxylation sites is 1. The number of esters is 1. The molecule has 0 saturated carbocycles. The van der Waals surface area contributed by atoms with E-state index < -0.39 is 35.1 Å². The van der Waals surface area contributed by atoms with Crippen LogP contribution in [0.15, 0.2) is 65.5 Å². The van der Waals surface area contributed by atoms with Crippen molar-refractivity contribution in [2.75, 3.05) is 20.3 Å². The molecule has 1 aliphatic heterocycles. The van der Waals surface area contributed by atoms with Crippen LogP contribution < -0.4 is 20.3 Å². The number of nitrogens with one attached hydrogen (secondary N) is 1. The molecule has 0 radical (unpaired) electrons. The largest absolute Gasteiger partial charge is 0.486 e. The van der Waals surface area contributed by atoms with Crippen LogP contribution in [0.5, 0.6) is 11.5 Å². The summed E-state index contributed by atoms with van der Waals surface area (Å²) in [7, 11) is 2.83. The number of halogens is 2. The van der Waals surface area contributed by atoms with Crippen molar-refractivity contribution in [2.45, 2.75) is 12.5 Å².